The number of carbonyl (C=O) groups excluding carboxylic acids is 4. The fourth-order valence-corrected chi connectivity index (χ4v) is 3.48. The van der Waals surface area contributed by atoms with Crippen LogP contribution in [-0.2, 0) is 11.3 Å². The zero-order valence-corrected chi connectivity index (χ0v) is 17.6. The molecule has 0 radical (unpaired) electrons. The smallest absolute Gasteiger partial charge is 0.261 e. The third-order valence-corrected chi connectivity index (χ3v) is 5.14. The number of amides is 4. The van der Waals surface area contributed by atoms with Crippen LogP contribution in [0, 0.1) is 0 Å². The number of ether oxygens (including phenoxy) is 1. The molecule has 0 saturated heterocycles. The van der Waals surface area contributed by atoms with Crippen molar-refractivity contribution in [1.29, 1.82) is 0 Å². The van der Waals surface area contributed by atoms with Crippen LogP contribution in [-0.4, -0.2) is 35.1 Å². The number of nitrogens with one attached hydrogen (secondary N) is 1. The van der Waals surface area contributed by atoms with Crippen molar-refractivity contribution in [2.75, 3.05) is 11.9 Å². The Bertz CT molecular complexity index is 1200. The largest absolute Gasteiger partial charge is 0.493 e. The lowest BCUT2D eigenvalue weighted by atomic mass is 10.1. The van der Waals surface area contributed by atoms with E-state index in [0.717, 1.165) is 0 Å². The number of carbonyl (C=O) groups is 4. The normalized spacial score (nSPS) is 12.4. The summed E-state index contributed by atoms with van der Waals surface area (Å²) >= 11 is 0. The molecule has 1 heterocycles. The van der Waals surface area contributed by atoms with Crippen LogP contribution in [0.5, 0.6) is 5.75 Å². The minimum absolute atomic E-state index is 0.0742. The number of nitrogens with two attached hydrogens (primary N) is 1. The molecule has 3 aromatic carbocycles. The molecule has 33 heavy (non-hydrogen) atoms. The Morgan fingerprint density at radius 3 is 2.18 bits per heavy atom. The molecule has 0 atom stereocenters. The molecule has 1 aliphatic rings. The molecular formula is C25H21N3O5. The van der Waals surface area contributed by atoms with Gasteiger partial charge in [-0.15, -0.1) is 0 Å². The van der Waals surface area contributed by atoms with Crippen LogP contribution in [0.3, 0.4) is 0 Å². The maximum Gasteiger partial charge on any atom is 0.261 e. The summed E-state index contributed by atoms with van der Waals surface area (Å²) in [6, 6.07) is 20.2. The van der Waals surface area contributed by atoms with Gasteiger partial charge in [0, 0.05) is 11.3 Å². The lowest BCUT2D eigenvalue weighted by Gasteiger charge is -2.14. The van der Waals surface area contributed by atoms with E-state index in [4.69, 9.17) is 10.5 Å². The topological polar surface area (TPSA) is 119 Å². The Morgan fingerprint density at radius 1 is 0.879 bits per heavy atom. The van der Waals surface area contributed by atoms with E-state index in [9.17, 15) is 19.2 Å². The third-order valence-electron chi connectivity index (χ3n) is 5.14. The summed E-state index contributed by atoms with van der Waals surface area (Å²) < 4.78 is 5.41. The van der Waals surface area contributed by atoms with E-state index in [1.807, 2.05) is 0 Å². The summed E-state index contributed by atoms with van der Waals surface area (Å²) in [4.78, 5) is 49.8. The molecule has 0 aliphatic carbocycles. The first-order valence-electron chi connectivity index (χ1n) is 10.3. The highest BCUT2D eigenvalue weighted by molar-refractivity contribution is 6.21. The van der Waals surface area contributed by atoms with Gasteiger partial charge in [0.2, 0.25) is 5.91 Å². The van der Waals surface area contributed by atoms with Crippen molar-refractivity contribution >= 4 is 29.3 Å². The van der Waals surface area contributed by atoms with E-state index < -0.39 is 5.91 Å². The molecule has 1 aliphatic heterocycles. The second-order valence-electron chi connectivity index (χ2n) is 7.49. The van der Waals surface area contributed by atoms with E-state index in [1.54, 1.807) is 72.8 Å². The number of rotatable bonds is 8. The maximum absolute atomic E-state index is 12.7. The molecule has 3 N–H and O–H groups in total. The number of fused-ring (bicyclic) bond motifs is 1. The fourth-order valence-electron chi connectivity index (χ4n) is 3.48. The van der Waals surface area contributed by atoms with Crippen molar-refractivity contribution in [2.24, 2.45) is 5.73 Å². The van der Waals surface area contributed by atoms with Gasteiger partial charge in [0.1, 0.15) is 5.75 Å². The molecule has 0 bridgehead atoms. The molecule has 0 aromatic heterocycles. The quantitative estimate of drug-likeness (QED) is 0.519. The lowest BCUT2D eigenvalue weighted by molar-refractivity contribution is -0.118. The first-order valence-corrected chi connectivity index (χ1v) is 10.3. The number of hydrogen-bond acceptors (Lipinski definition) is 5. The van der Waals surface area contributed by atoms with Gasteiger partial charge in [-0.3, -0.25) is 24.1 Å². The van der Waals surface area contributed by atoms with Gasteiger partial charge in [0.15, 0.2) is 0 Å². The summed E-state index contributed by atoms with van der Waals surface area (Å²) in [7, 11) is 0. The fraction of sp³-hybridized carbons (Fsp3) is 0.120. The van der Waals surface area contributed by atoms with Crippen molar-refractivity contribution in [3.05, 3.63) is 95.1 Å². The SMILES string of the molecule is NC(=O)CCOc1ccc(NC(=O)c2cccc(CN3C(=O)c4ccccc4C3=O)c2)cc1. The monoisotopic (exact) mass is 443 g/mol. The number of imide groups is 1. The average molecular weight is 443 g/mol. The first-order chi connectivity index (χ1) is 15.9. The standard InChI is InChI=1S/C25H21N3O5/c26-22(29)12-13-33-19-10-8-18(9-11-19)27-23(30)17-5-3-4-16(14-17)15-28-24(31)20-6-1-2-7-21(20)25(28)32/h1-11,14H,12-13,15H2,(H2,26,29)(H,27,30). The van der Waals surface area contributed by atoms with Crippen LogP contribution in [0.15, 0.2) is 72.8 Å². The van der Waals surface area contributed by atoms with Crippen molar-refractivity contribution in [3.63, 3.8) is 0 Å². The van der Waals surface area contributed by atoms with Gasteiger partial charge in [-0.05, 0) is 54.1 Å². The molecule has 4 amide bonds. The molecule has 3 aromatic rings. The van der Waals surface area contributed by atoms with Gasteiger partial charge in [0.05, 0.1) is 30.7 Å². The molecule has 166 valence electrons. The number of primary amides is 1. The minimum Gasteiger partial charge on any atom is -0.493 e. The Hall–Kier alpha value is -4.46. The van der Waals surface area contributed by atoms with Gasteiger partial charge in [-0.25, -0.2) is 0 Å². The van der Waals surface area contributed by atoms with E-state index in [2.05, 4.69) is 5.32 Å². The zero-order chi connectivity index (χ0) is 23.4. The lowest BCUT2D eigenvalue weighted by Crippen LogP contribution is -2.29. The van der Waals surface area contributed by atoms with Crippen LogP contribution in [0.1, 0.15) is 43.1 Å². The van der Waals surface area contributed by atoms with Crippen LogP contribution >= 0.6 is 0 Å². The number of benzene rings is 3. The Labute approximate surface area is 190 Å². The molecule has 0 fully saturated rings. The highest BCUT2D eigenvalue weighted by Gasteiger charge is 2.34. The summed E-state index contributed by atoms with van der Waals surface area (Å²) in [5.74, 6) is -0.907. The second-order valence-corrected chi connectivity index (χ2v) is 7.49. The van der Waals surface area contributed by atoms with Crippen LogP contribution in [0.2, 0.25) is 0 Å². The van der Waals surface area contributed by atoms with E-state index in [0.29, 0.717) is 33.7 Å². The summed E-state index contributed by atoms with van der Waals surface area (Å²) in [5, 5.41) is 2.80. The minimum atomic E-state index is -0.441. The maximum atomic E-state index is 12.7. The Kier molecular flexibility index (Phi) is 6.17. The zero-order valence-electron chi connectivity index (χ0n) is 17.6. The molecule has 4 rings (SSSR count). The predicted octanol–water partition coefficient (Wildman–Crippen LogP) is 2.99. The van der Waals surface area contributed by atoms with Crippen LogP contribution in [0.25, 0.3) is 0 Å². The van der Waals surface area contributed by atoms with Gasteiger partial charge < -0.3 is 15.8 Å². The van der Waals surface area contributed by atoms with Gasteiger partial charge >= 0.3 is 0 Å². The van der Waals surface area contributed by atoms with Gasteiger partial charge in [0.25, 0.3) is 17.7 Å². The number of nitrogens with zero attached hydrogens (tertiary/aromatic N) is 1. The molecule has 8 nitrogen and oxygen atoms in total. The summed E-state index contributed by atoms with van der Waals surface area (Å²) in [6.45, 7) is 0.256. The Balaban J connectivity index is 1.40. The molecule has 0 spiro atoms. The highest BCUT2D eigenvalue weighted by atomic mass is 16.5. The average Bonchev–Trinajstić information content (AvgIpc) is 3.05. The first kappa shape index (κ1) is 21.8. The third kappa shape index (κ3) is 4.90. The van der Waals surface area contributed by atoms with E-state index in [1.165, 1.54) is 4.90 Å². The van der Waals surface area contributed by atoms with Crippen molar-refractivity contribution in [1.82, 2.24) is 4.90 Å². The summed E-state index contributed by atoms with van der Waals surface area (Å²) in [5.41, 5.74) is 7.47. The number of hydrogen-bond donors (Lipinski definition) is 2. The van der Waals surface area contributed by atoms with Crippen molar-refractivity contribution in [2.45, 2.75) is 13.0 Å². The van der Waals surface area contributed by atoms with Gasteiger partial charge in [-0.1, -0.05) is 24.3 Å². The van der Waals surface area contributed by atoms with Crippen LogP contribution < -0.4 is 15.8 Å². The number of anilines is 1. The highest BCUT2D eigenvalue weighted by Crippen LogP contribution is 2.24. The molecule has 0 unspecified atom stereocenters. The second kappa shape index (κ2) is 9.35. The van der Waals surface area contributed by atoms with Crippen LogP contribution in [0.4, 0.5) is 5.69 Å². The Morgan fingerprint density at radius 2 is 1.55 bits per heavy atom. The van der Waals surface area contributed by atoms with E-state index in [-0.39, 0.29) is 37.3 Å². The van der Waals surface area contributed by atoms with E-state index >= 15 is 0 Å². The summed E-state index contributed by atoms with van der Waals surface area (Å²) in [6.07, 6.45) is 0.121. The van der Waals surface area contributed by atoms with Crippen molar-refractivity contribution < 1.29 is 23.9 Å². The molecule has 8 heteroatoms. The predicted molar refractivity (Wildman–Crippen MR) is 121 cm³/mol. The van der Waals surface area contributed by atoms with Crippen molar-refractivity contribution in [3.8, 4) is 5.75 Å². The molecule has 0 saturated carbocycles. The van der Waals surface area contributed by atoms with Gasteiger partial charge in [-0.2, -0.15) is 0 Å². The molecular weight excluding hydrogens is 422 g/mol.